The highest BCUT2D eigenvalue weighted by molar-refractivity contribution is 5.97. The molecule has 2 N–H and O–H groups in total. The second kappa shape index (κ2) is 16.5. The molecule has 9 heteroatoms. The van der Waals surface area contributed by atoms with Gasteiger partial charge in [0.25, 0.3) is 0 Å². The van der Waals surface area contributed by atoms with Gasteiger partial charge in [-0.2, -0.15) is 5.26 Å². The number of nitriles is 1. The van der Waals surface area contributed by atoms with Crippen LogP contribution in [0.25, 0.3) is 55.5 Å². The van der Waals surface area contributed by atoms with E-state index in [-0.39, 0.29) is 16.4 Å². The zero-order chi connectivity index (χ0) is 38.9. The fraction of sp³-hybridized carbons (Fsp3) is 0.205. The Hall–Kier alpha value is -6.71. The highest BCUT2D eigenvalue weighted by Crippen LogP contribution is 2.32. The number of hydrogen-bond acceptors (Lipinski definition) is 6. The minimum Gasteiger partial charge on any atom is -0.477 e. The van der Waals surface area contributed by atoms with Crippen LogP contribution in [0, 0.1) is 17.9 Å². The smallest absolute Gasteiger partial charge is 0.384 e. The Morgan fingerprint density at radius 1 is 0.717 bits per heavy atom. The first kappa shape index (κ1) is 39.1. The third kappa shape index (κ3) is 10.4. The molecular weight excluding hydrogens is 668 g/mol. The van der Waals surface area contributed by atoms with Crippen LogP contribution < -0.4 is 0 Å². The number of fused-ring (bicyclic) bond motifs is 2. The second-order valence-corrected chi connectivity index (χ2v) is 14.3. The lowest BCUT2D eigenvalue weighted by Gasteiger charge is -2.18. The van der Waals surface area contributed by atoms with Crippen LogP contribution in [0.1, 0.15) is 68.6 Å². The molecule has 0 unspecified atom stereocenters. The molecule has 0 aliphatic carbocycles. The summed E-state index contributed by atoms with van der Waals surface area (Å²) in [7, 11) is 0. The van der Waals surface area contributed by atoms with Crippen LogP contribution in [0.3, 0.4) is 0 Å². The molecule has 9 nitrogen and oxygen atoms in total. The Labute approximate surface area is 308 Å². The summed E-state index contributed by atoms with van der Waals surface area (Å²) in [6.45, 7) is 18.7. The van der Waals surface area contributed by atoms with Crippen LogP contribution in [0.5, 0.6) is 0 Å². The minimum atomic E-state index is -1.24. The highest BCUT2D eigenvalue weighted by atomic mass is 16.4. The van der Waals surface area contributed by atoms with Crippen molar-refractivity contribution in [3.8, 4) is 28.7 Å². The maximum absolute atomic E-state index is 11.0. The number of carboxylic acids is 2. The summed E-state index contributed by atoms with van der Waals surface area (Å²) in [6.07, 6.45) is 2.17. The molecule has 6 aromatic rings. The van der Waals surface area contributed by atoms with E-state index >= 15 is 0 Å². The van der Waals surface area contributed by atoms with Gasteiger partial charge in [-0.3, -0.25) is 4.79 Å². The maximum atomic E-state index is 11.0. The predicted molar refractivity (Wildman–Crippen MR) is 206 cm³/mol. The van der Waals surface area contributed by atoms with E-state index in [2.05, 4.69) is 82.8 Å². The lowest BCUT2D eigenvalue weighted by molar-refractivity contribution is -0.135. The zero-order valence-corrected chi connectivity index (χ0v) is 30.4. The molecule has 268 valence electrons. The Bertz CT molecular complexity index is 2370. The summed E-state index contributed by atoms with van der Waals surface area (Å²) < 4.78 is 11.8. The first-order chi connectivity index (χ1) is 25.0. The number of benzene rings is 4. The summed E-state index contributed by atoms with van der Waals surface area (Å²) >= 11 is 0. The van der Waals surface area contributed by atoms with Crippen molar-refractivity contribution in [2.24, 2.45) is 0 Å². The van der Waals surface area contributed by atoms with Gasteiger partial charge in [0.05, 0.1) is 0 Å². The van der Waals surface area contributed by atoms with Gasteiger partial charge < -0.3 is 23.9 Å². The van der Waals surface area contributed by atoms with Crippen molar-refractivity contribution < 1.29 is 33.4 Å². The molecule has 0 saturated heterocycles. The van der Waals surface area contributed by atoms with Crippen LogP contribution in [-0.4, -0.2) is 35.0 Å². The maximum Gasteiger partial charge on any atom is 0.384 e. The number of rotatable bonds is 6. The fourth-order valence-electron chi connectivity index (χ4n) is 5.19. The van der Waals surface area contributed by atoms with Gasteiger partial charge in [0, 0.05) is 27.5 Å². The molecule has 0 atom stereocenters. The molecule has 0 aliphatic rings. The molecule has 0 radical (unpaired) electrons. The quantitative estimate of drug-likeness (QED) is 0.0752. The van der Waals surface area contributed by atoms with Crippen LogP contribution in [-0.2, 0) is 20.4 Å². The molecular formula is C44H40N2O7. The number of aliphatic carboxylic acids is 2. The van der Waals surface area contributed by atoms with E-state index in [1.54, 1.807) is 30.3 Å². The Morgan fingerprint density at radius 2 is 1.15 bits per heavy atom. The monoisotopic (exact) mass is 708 g/mol. The number of furan rings is 2. The number of carboxylic acid groups (broad SMARTS) is 2. The van der Waals surface area contributed by atoms with Crippen molar-refractivity contribution in [3.05, 3.63) is 136 Å². The largest absolute Gasteiger partial charge is 0.477 e. The van der Waals surface area contributed by atoms with Gasteiger partial charge in [-0.15, -0.1) is 0 Å². The molecule has 53 heavy (non-hydrogen) atoms. The molecule has 0 bridgehead atoms. The van der Waals surface area contributed by atoms with Crippen molar-refractivity contribution in [1.29, 1.82) is 5.26 Å². The number of nitrogens with zero attached hydrogens (tertiary/aromatic N) is 2. The lowest BCUT2D eigenvalue weighted by atomic mass is 9.86. The van der Waals surface area contributed by atoms with E-state index in [1.807, 2.05) is 36.4 Å². The van der Waals surface area contributed by atoms with Crippen molar-refractivity contribution >= 4 is 46.2 Å². The van der Waals surface area contributed by atoms with E-state index < -0.39 is 18.5 Å². The van der Waals surface area contributed by atoms with Gasteiger partial charge in [0.15, 0.2) is 0 Å². The average Bonchev–Trinajstić information content (AvgIpc) is 3.74. The van der Waals surface area contributed by atoms with Crippen LogP contribution in [0.15, 0.2) is 111 Å². The molecule has 0 aliphatic heterocycles. The summed E-state index contributed by atoms with van der Waals surface area (Å²) in [5.74, 6) is -0.731. The van der Waals surface area contributed by atoms with Gasteiger partial charge in [-0.1, -0.05) is 114 Å². The van der Waals surface area contributed by atoms with E-state index in [4.69, 9.17) is 30.9 Å². The molecule has 2 aromatic heterocycles. The predicted octanol–water partition coefficient (Wildman–Crippen LogP) is 10.6. The SMILES string of the molecule is CC(C)(C)c1ccc(-c2cc3ccc(C=C(C#N)C(=O)O)cc3o2)cc1.CC(C)(C)c1ccc(-c2cc3ccc(C=O)cc3o2)cc1.[C-]#[N+]CC(=O)O. The lowest BCUT2D eigenvalue weighted by Crippen LogP contribution is -2.10. The number of carbonyl (C=O) groups excluding carboxylic acids is 1. The highest BCUT2D eigenvalue weighted by Gasteiger charge is 2.16. The third-order valence-corrected chi connectivity index (χ3v) is 8.17. The molecule has 6 rings (SSSR count). The van der Waals surface area contributed by atoms with Gasteiger partial charge in [0.1, 0.15) is 40.6 Å². The van der Waals surface area contributed by atoms with Crippen LogP contribution in [0.4, 0.5) is 0 Å². The topological polar surface area (TPSA) is 146 Å². The van der Waals surface area contributed by atoms with Crippen molar-refractivity contribution in [1.82, 2.24) is 0 Å². The van der Waals surface area contributed by atoms with Crippen molar-refractivity contribution in [2.75, 3.05) is 6.54 Å². The van der Waals surface area contributed by atoms with Gasteiger partial charge in [-0.25, -0.2) is 16.2 Å². The summed E-state index contributed by atoms with van der Waals surface area (Å²) in [6, 6.07) is 33.2. The first-order valence-corrected chi connectivity index (χ1v) is 16.7. The Balaban J connectivity index is 0.000000209. The fourth-order valence-corrected chi connectivity index (χ4v) is 5.19. The summed E-state index contributed by atoms with van der Waals surface area (Å²) in [5, 5.41) is 27.5. The van der Waals surface area contributed by atoms with Gasteiger partial charge in [-0.05, 0) is 57.9 Å². The number of hydrogen-bond donors (Lipinski definition) is 2. The van der Waals surface area contributed by atoms with E-state index in [1.165, 1.54) is 17.2 Å². The molecule has 0 spiro atoms. The Morgan fingerprint density at radius 3 is 1.49 bits per heavy atom. The molecule has 2 heterocycles. The first-order valence-electron chi connectivity index (χ1n) is 16.7. The normalized spacial score (nSPS) is 11.4. The van der Waals surface area contributed by atoms with Gasteiger partial charge >= 0.3 is 18.5 Å². The summed E-state index contributed by atoms with van der Waals surface area (Å²) in [5.41, 5.74) is 7.14. The second-order valence-electron chi connectivity index (χ2n) is 14.3. The number of carbonyl (C=O) groups is 3. The zero-order valence-electron chi connectivity index (χ0n) is 30.4. The van der Waals surface area contributed by atoms with Crippen LogP contribution >= 0.6 is 0 Å². The van der Waals surface area contributed by atoms with Gasteiger partial charge in [0.2, 0.25) is 0 Å². The Kier molecular flexibility index (Phi) is 12.2. The van der Waals surface area contributed by atoms with Crippen molar-refractivity contribution in [2.45, 2.75) is 52.4 Å². The van der Waals surface area contributed by atoms with Crippen LogP contribution in [0.2, 0.25) is 0 Å². The third-order valence-electron chi connectivity index (χ3n) is 8.17. The van der Waals surface area contributed by atoms with Crippen molar-refractivity contribution in [3.63, 3.8) is 0 Å². The average molecular weight is 709 g/mol. The minimum absolute atomic E-state index is 0.0935. The summed E-state index contributed by atoms with van der Waals surface area (Å²) in [4.78, 5) is 33.8. The van der Waals surface area contributed by atoms with E-state index in [0.29, 0.717) is 16.7 Å². The van der Waals surface area contributed by atoms with E-state index in [9.17, 15) is 14.4 Å². The molecule has 0 amide bonds. The molecule has 4 aromatic carbocycles. The number of aldehydes is 1. The molecule has 0 saturated carbocycles. The molecule has 0 fully saturated rings. The van der Waals surface area contributed by atoms with E-state index in [0.717, 1.165) is 45.3 Å². The standard InChI is InChI=1S/C22H19NO3.C19H18O2.C3H3NO2/c1-22(2,3)18-8-6-15(7-9-18)20-12-16-5-4-14(11-19(16)26-20)10-17(13-23)21(24)25;1-19(2,3)16-8-6-14(7-9-16)18-11-15-5-4-13(12-20)10-17(15)21-18;1-4-2-3(5)6/h4-12H,1-3H3,(H,24,25);4-12H,1-3H3;2H2,(H,5,6).